The molecule has 31 heavy (non-hydrogen) atoms. The molecule has 4 aromatic rings. The van der Waals surface area contributed by atoms with Crippen LogP contribution in [0.2, 0.25) is 0 Å². The first-order valence-corrected chi connectivity index (χ1v) is 10.9. The molecular formula is C23H20FN5OS. The van der Waals surface area contributed by atoms with E-state index in [9.17, 15) is 4.79 Å². The van der Waals surface area contributed by atoms with Gasteiger partial charge in [-0.1, -0.05) is 6.07 Å². The normalized spacial score (nSPS) is 20.2. The summed E-state index contributed by atoms with van der Waals surface area (Å²) in [7, 11) is 0. The molecule has 4 aromatic heterocycles. The second kappa shape index (κ2) is 8.03. The maximum Gasteiger partial charge on any atom is 0.274 e. The molecule has 0 aliphatic heterocycles. The van der Waals surface area contributed by atoms with Crippen LogP contribution >= 0.6 is 11.3 Å². The number of alkyl halides is 1. The largest absolute Gasteiger partial charge is 0.339 e. The number of anilines is 1. The molecule has 0 radical (unpaired) electrons. The van der Waals surface area contributed by atoms with Crippen molar-refractivity contribution in [3.8, 4) is 0 Å². The number of halogens is 1. The van der Waals surface area contributed by atoms with Crippen LogP contribution in [0.15, 0.2) is 72.6 Å². The Morgan fingerprint density at radius 2 is 2.00 bits per heavy atom. The lowest BCUT2D eigenvalue weighted by molar-refractivity contribution is 0.0318. The number of nitrogens with zero attached hydrogens (tertiary/aromatic N) is 4. The van der Waals surface area contributed by atoms with Crippen molar-refractivity contribution in [3.63, 3.8) is 0 Å². The minimum atomic E-state index is -1.40. The highest BCUT2D eigenvalue weighted by molar-refractivity contribution is 7.14. The molecule has 8 heteroatoms. The summed E-state index contributed by atoms with van der Waals surface area (Å²) in [4.78, 5) is 25.5. The Bertz CT molecular complexity index is 1180. The van der Waals surface area contributed by atoms with Crippen LogP contribution in [0.3, 0.4) is 0 Å². The van der Waals surface area contributed by atoms with E-state index in [0.29, 0.717) is 35.9 Å². The molecule has 0 atom stereocenters. The van der Waals surface area contributed by atoms with Crippen molar-refractivity contribution in [2.24, 2.45) is 0 Å². The first-order chi connectivity index (χ1) is 15.1. The van der Waals surface area contributed by atoms with Gasteiger partial charge in [0.2, 0.25) is 0 Å². The molecule has 1 saturated carbocycles. The first kappa shape index (κ1) is 19.6. The summed E-state index contributed by atoms with van der Waals surface area (Å²) < 4.78 is 16.9. The molecular weight excluding hydrogens is 413 g/mol. The molecule has 5 rings (SSSR count). The van der Waals surface area contributed by atoms with Gasteiger partial charge in [0.25, 0.3) is 5.91 Å². The number of pyridine rings is 2. The zero-order valence-electron chi connectivity index (χ0n) is 16.6. The van der Waals surface area contributed by atoms with Crippen LogP contribution in [0, 0.1) is 0 Å². The fourth-order valence-corrected chi connectivity index (χ4v) is 4.69. The van der Waals surface area contributed by atoms with Gasteiger partial charge in [-0.3, -0.25) is 20.1 Å². The van der Waals surface area contributed by atoms with E-state index in [4.69, 9.17) is 0 Å². The van der Waals surface area contributed by atoms with E-state index in [2.05, 4.69) is 20.3 Å². The average Bonchev–Trinajstić information content (AvgIpc) is 3.42. The summed E-state index contributed by atoms with van der Waals surface area (Å²) in [5.41, 5.74) is 1.51. The Morgan fingerprint density at radius 1 is 1.16 bits per heavy atom. The Morgan fingerprint density at radius 3 is 2.77 bits per heavy atom. The number of carbonyl (C=O) groups excluding carboxylic acids is 1. The van der Waals surface area contributed by atoms with Crippen molar-refractivity contribution >= 4 is 22.4 Å². The molecule has 1 N–H and O–H groups in total. The Balaban J connectivity index is 1.23. The number of thiazole rings is 1. The second-order valence-electron chi connectivity index (χ2n) is 7.69. The van der Waals surface area contributed by atoms with Gasteiger partial charge in [0, 0.05) is 42.6 Å². The topological polar surface area (TPSA) is 72.7 Å². The average molecular weight is 434 g/mol. The lowest BCUT2D eigenvalue weighted by Crippen LogP contribution is -2.36. The van der Waals surface area contributed by atoms with Crippen LogP contribution in [-0.2, 0) is 12.2 Å². The fourth-order valence-electron chi connectivity index (χ4n) is 3.90. The second-order valence-corrected chi connectivity index (χ2v) is 8.55. The lowest BCUT2D eigenvalue weighted by Gasteiger charge is -2.40. The number of aromatic nitrogens is 4. The van der Waals surface area contributed by atoms with Crippen molar-refractivity contribution in [2.45, 2.75) is 31.0 Å². The van der Waals surface area contributed by atoms with E-state index in [0.717, 1.165) is 11.3 Å². The van der Waals surface area contributed by atoms with Gasteiger partial charge in [-0.05, 0) is 54.8 Å². The van der Waals surface area contributed by atoms with Gasteiger partial charge in [-0.15, -0.1) is 11.3 Å². The highest BCUT2D eigenvalue weighted by Gasteiger charge is 2.48. The number of hydrogen-bond acceptors (Lipinski definition) is 5. The Hall–Kier alpha value is -3.39. The lowest BCUT2D eigenvalue weighted by atomic mass is 9.69. The minimum Gasteiger partial charge on any atom is -0.339 e. The third-order valence-electron chi connectivity index (χ3n) is 5.59. The number of rotatable bonds is 6. The van der Waals surface area contributed by atoms with Gasteiger partial charge >= 0.3 is 0 Å². The summed E-state index contributed by atoms with van der Waals surface area (Å²) in [5, 5.41) is 5.29. The van der Waals surface area contributed by atoms with E-state index in [-0.39, 0.29) is 11.8 Å². The van der Waals surface area contributed by atoms with Crippen molar-refractivity contribution in [3.05, 3.63) is 95.3 Å². The maximum absolute atomic E-state index is 15.0. The predicted molar refractivity (Wildman–Crippen MR) is 117 cm³/mol. The molecule has 156 valence electrons. The molecule has 0 saturated heterocycles. The van der Waals surface area contributed by atoms with Crippen LogP contribution in [0.25, 0.3) is 0 Å². The third kappa shape index (κ3) is 3.98. The first-order valence-electron chi connectivity index (χ1n) is 10.0. The Kier molecular flexibility index (Phi) is 5.07. The number of carbonyl (C=O) groups is 1. The molecule has 0 aromatic carbocycles. The maximum atomic E-state index is 15.0. The molecule has 4 heterocycles. The van der Waals surface area contributed by atoms with Crippen LogP contribution in [0.5, 0.6) is 0 Å². The van der Waals surface area contributed by atoms with E-state index in [1.807, 2.05) is 34.3 Å². The summed E-state index contributed by atoms with van der Waals surface area (Å²) >= 11 is 1.36. The molecule has 1 aliphatic carbocycles. The molecule has 1 fully saturated rings. The van der Waals surface area contributed by atoms with Crippen molar-refractivity contribution in [1.82, 2.24) is 19.5 Å². The van der Waals surface area contributed by atoms with E-state index in [1.165, 1.54) is 11.3 Å². The third-order valence-corrected chi connectivity index (χ3v) is 6.36. The van der Waals surface area contributed by atoms with Crippen molar-refractivity contribution in [2.75, 3.05) is 5.32 Å². The highest BCUT2D eigenvalue weighted by Crippen LogP contribution is 2.53. The van der Waals surface area contributed by atoms with Gasteiger partial charge < -0.3 is 4.57 Å². The molecule has 1 amide bonds. The van der Waals surface area contributed by atoms with Crippen LogP contribution in [-0.4, -0.2) is 25.4 Å². The molecule has 0 bridgehead atoms. The molecule has 0 unspecified atom stereocenters. The molecule has 6 nitrogen and oxygen atoms in total. The minimum absolute atomic E-state index is 0.0319. The number of nitrogens with one attached hydrogen (secondary N) is 1. The van der Waals surface area contributed by atoms with Gasteiger partial charge in [-0.25, -0.2) is 9.37 Å². The van der Waals surface area contributed by atoms with Gasteiger partial charge in [-0.2, -0.15) is 0 Å². The Labute approximate surface area is 182 Å². The summed E-state index contributed by atoms with van der Waals surface area (Å²) in [6.07, 6.45) is 7.67. The smallest absolute Gasteiger partial charge is 0.274 e. The van der Waals surface area contributed by atoms with Gasteiger partial charge in [0.05, 0.1) is 11.4 Å². The number of amides is 1. The molecule has 0 spiro atoms. The predicted octanol–water partition coefficient (Wildman–Crippen LogP) is 4.78. The van der Waals surface area contributed by atoms with Gasteiger partial charge in [0.15, 0.2) is 10.8 Å². The molecule has 1 aliphatic rings. The van der Waals surface area contributed by atoms with Crippen LogP contribution in [0.1, 0.15) is 46.2 Å². The van der Waals surface area contributed by atoms with Crippen LogP contribution in [0.4, 0.5) is 9.52 Å². The fraction of sp³-hybridized carbons (Fsp3) is 0.217. The van der Waals surface area contributed by atoms with Gasteiger partial charge in [0.1, 0.15) is 5.69 Å². The monoisotopic (exact) mass is 433 g/mol. The number of hydrogen-bond donors (Lipinski definition) is 1. The SMILES string of the molecule is O=C(Nc1nc([C@H]2C[C@@](F)(c3ccccn3)C2)cs1)c1cccn1Cc1ccncc1. The standard InChI is InChI=1S/C23H20FN5OS/c24-23(20-5-1-2-8-26-20)12-17(13-23)18-15-31-22(27-18)28-21(30)19-4-3-11-29(19)14-16-6-9-25-10-7-16/h1-11,15,17H,12-14H2,(H,27,28,30)/t17-,23-. The van der Waals surface area contributed by atoms with E-state index < -0.39 is 5.67 Å². The van der Waals surface area contributed by atoms with Crippen molar-refractivity contribution < 1.29 is 9.18 Å². The quantitative estimate of drug-likeness (QED) is 0.475. The zero-order chi connectivity index (χ0) is 21.3. The zero-order valence-corrected chi connectivity index (χ0v) is 17.4. The summed E-state index contributed by atoms with van der Waals surface area (Å²) in [5.74, 6) is -0.189. The summed E-state index contributed by atoms with van der Waals surface area (Å²) in [6.45, 7) is 0.579. The highest BCUT2D eigenvalue weighted by atomic mass is 32.1. The summed E-state index contributed by atoms with van der Waals surface area (Å²) in [6, 6.07) is 12.8. The van der Waals surface area contributed by atoms with Crippen LogP contribution < -0.4 is 5.32 Å². The van der Waals surface area contributed by atoms with Crippen molar-refractivity contribution in [1.29, 1.82) is 0 Å². The van der Waals surface area contributed by atoms with E-state index >= 15 is 4.39 Å². The van der Waals surface area contributed by atoms with E-state index in [1.54, 1.807) is 42.9 Å².